The molecule has 0 fully saturated rings. The number of carbonyl (C=O) groups excluding carboxylic acids is 1. The van der Waals surface area contributed by atoms with Crippen molar-refractivity contribution in [2.75, 3.05) is 24.4 Å². The van der Waals surface area contributed by atoms with E-state index in [1.165, 1.54) is 0 Å². The number of benzene rings is 3. The molecule has 1 amide bonds. The molecule has 1 aliphatic rings. The van der Waals surface area contributed by atoms with E-state index in [1.807, 2.05) is 84.9 Å². The fraction of sp³-hybridized carbons (Fsp3) is 0.125. The van der Waals surface area contributed by atoms with E-state index in [0.717, 1.165) is 28.4 Å². The zero-order valence-corrected chi connectivity index (χ0v) is 16.3. The van der Waals surface area contributed by atoms with E-state index in [-0.39, 0.29) is 12.1 Å². The molecule has 1 aliphatic heterocycles. The van der Waals surface area contributed by atoms with Crippen LogP contribution in [0, 0.1) is 0 Å². The Hall–Kier alpha value is -3.73. The number of fused-ring (bicyclic) bond motifs is 1. The smallest absolute Gasteiger partial charge is 0.262 e. The SMILES string of the molecule is COc1ccc(N2C(=O)c3ccccc3N[C@@H]2/C=C/c2ccccc2OC)cc1. The van der Waals surface area contributed by atoms with Gasteiger partial charge in [0.25, 0.3) is 5.91 Å². The van der Waals surface area contributed by atoms with Gasteiger partial charge in [0.2, 0.25) is 0 Å². The van der Waals surface area contributed by atoms with Crippen molar-refractivity contribution in [1.29, 1.82) is 0 Å². The topological polar surface area (TPSA) is 50.8 Å². The number of nitrogens with zero attached hydrogens (tertiary/aromatic N) is 1. The molecule has 1 heterocycles. The van der Waals surface area contributed by atoms with Gasteiger partial charge in [-0.25, -0.2) is 0 Å². The van der Waals surface area contributed by atoms with Crippen LogP contribution in [0.5, 0.6) is 11.5 Å². The monoisotopic (exact) mass is 386 g/mol. The van der Waals surface area contributed by atoms with E-state index in [9.17, 15) is 4.79 Å². The molecular weight excluding hydrogens is 364 g/mol. The van der Waals surface area contributed by atoms with Crippen LogP contribution < -0.4 is 19.7 Å². The molecule has 1 N–H and O–H groups in total. The minimum absolute atomic E-state index is 0.0563. The van der Waals surface area contributed by atoms with Crippen molar-refractivity contribution in [2.45, 2.75) is 6.17 Å². The Morgan fingerprint density at radius 1 is 0.897 bits per heavy atom. The lowest BCUT2D eigenvalue weighted by Gasteiger charge is -2.36. The van der Waals surface area contributed by atoms with E-state index in [2.05, 4.69) is 5.32 Å². The summed E-state index contributed by atoms with van der Waals surface area (Å²) in [7, 11) is 3.27. The Bertz CT molecular complexity index is 1040. The van der Waals surface area contributed by atoms with Crippen molar-refractivity contribution in [3.8, 4) is 11.5 Å². The second-order valence-electron chi connectivity index (χ2n) is 6.61. The van der Waals surface area contributed by atoms with Crippen molar-refractivity contribution in [2.24, 2.45) is 0 Å². The van der Waals surface area contributed by atoms with Gasteiger partial charge in [-0.3, -0.25) is 9.69 Å². The highest BCUT2D eigenvalue weighted by Gasteiger charge is 2.31. The fourth-order valence-corrected chi connectivity index (χ4v) is 3.43. The molecule has 0 aliphatic carbocycles. The molecule has 3 aromatic rings. The van der Waals surface area contributed by atoms with Crippen LogP contribution in [0.25, 0.3) is 6.08 Å². The van der Waals surface area contributed by atoms with E-state index in [0.29, 0.717) is 5.56 Å². The molecule has 0 bridgehead atoms. The molecule has 0 spiro atoms. The van der Waals surface area contributed by atoms with Crippen LogP contribution in [0.15, 0.2) is 78.9 Å². The maximum Gasteiger partial charge on any atom is 0.262 e. The third-order valence-electron chi connectivity index (χ3n) is 4.91. The van der Waals surface area contributed by atoms with Crippen LogP contribution in [-0.4, -0.2) is 26.3 Å². The Morgan fingerprint density at radius 2 is 1.62 bits per heavy atom. The molecule has 3 aromatic carbocycles. The molecule has 0 radical (unpaired) electrons. The molecule has 4 rings (SSSR count). The molecule has 0 saturated carbocycles. The van der Waals surface area contributed by atoms with Crippen LogP contribution in [0.4, 0.5) is 11.4 Å². The highest BCUT2D eigenvalue weighted by molar-refractivity contribution is 6.12. The summed E-state index contributed by atoms with van der Waals surface area (Å²) in [5, 5.41) is 3.46. The first-order valence-electron chi connectivity index (χ1n) is 9.35. The maximum atomic E-state index is 13.3. The first-order valence-corrected chi connectivity index (χ1v) is 9.35. The summed E-state index contributed by atoms with van der Waals surface area (Å²) in [5.41, 5.74) is 3.19. The number of carbonyl (C=O) groups is 1. The van der Waals surface area contributed by atoms with Gasteiger partial charge in [-0.2, -0.15) is 0 Å². The third-order valence-corrected chi connectivity index (χ3v) is 4.91. The predicted molar refractivity (Wildman–Crippen MR) is 116 cm³/mol. The summed E-state index contributed by atoms with van der Waals surface area (Å²) in [5.74, 6) is 1.47. The van der Waals surface area contributed by atoms with Crippen LogP contribution in [-0.2, 0) is 0 Å². The molecule has 146 valence electrons. The highest BCUT2D eigenvalue weighted by Crippen LogP contribution is 2.31. The molecule has 5 heteroatoms. The number of anilines is 2. The summed E-state index contributed by atoms with van der Waals surface area (Å²) in [4.78, 5) is 15.1. The number of methoxy groups -OCH3 is 2. The van der Waals surface area contributed by atoms with Crippen molar-refractivity contribution in [1.82, 2.24) is 0 Å². The van der Waals surface area contributed by atoms with Crippen LogP contribution >= 0.6 is 0 Å². The van der Waals surface area contributed by atoms with Gasteiger partial charge >= 0.3 is 0 Å². The minimum Gasteiger partial charge on any atom is -0.497 e. The Kier molecular flexibility index (Phi) is 5.20. The van der Waals surface area contributed by atoms with Crippen LogP contribution in [0.2, 0.25) is 0 Å². The quantitative estimate of drug-likeness (QED) is 0.683. The second-order valence-corrected chi connectivity index (χ2v) is 6.61. The number of nitrogens with one attached hydrogen (secondary N) is 1. The summed E-state index contributed by atoms with van der Waals surface area (Å²) in [6.07, 6.45) is 3.58. The molecular formula is C24H22N2O3. The van der Waals surface area contributed by atoms with Gasteiger partial charge in [-0.1, -0.05) is 36.4 Å². The second kappa shape index (κ2) is 8.10. The van der Waals surface area contributed by atoms with Gasteiger partial charge in [-0.05, 0) is 48.5 Å². The lowest BCUT2D eigenvalue weighted by molar-refractivity contribution is 0.0980. The predicted octanol–water partition coefficient (Wildman–Crippen LogP) is 4.82. The number of amides is 1. The lowest BCUT2D eigenvalue weighted by Crippen LogP contribution is -2.48. The van der Waals surface area contributed by atoms with E-state index >= 15 is 0 Å². The molecule has 5 nitrogen and oxygen atoms in total. The van der Waals surface area contributed by atoms with Gasteiger partial charge in [-0.15, -0.1) is 0 Å². The standard InChI is InChI=1S/C24H22N2O3/c1-28-19-14-12-18(13-15-19)26-23(16-11-17-7-3-6-10-22(17)29-2)25-21-9-5-4-8-20(21)24(26)27/h3-16,23,25H,1-2H3/b16-11+/t23-/m0/s1. The molecule has 1 atom stereocenters. The molecule has 0 unspecified atom stereocenters. The van der Waals surface area contributed by atoms with Gasteiger partial charge in [0.1, 0.15) is 17.7 Å². The van der Waals surface area contributed by atoms with Crippen molar-refractivity contribution >= 4 is 23.4 Å². The normalized spacial score (nSPS) is 15.7. The van der Waals surface area contributed by atoms with E-state index in [1.54, 1.807) is 19.1 Å². The number of para-hydroxylation sites is 2. The zero-order valence-electron chi connectivity index (χ0n) is 16.3. The van der Waals surface area contributed by atoms with Gasteiger partial charge < -0.3 is 14.8 Å². The Labute approximate surface area is 170 Å². The summed E-state index contributed by atoms with van der Waals surface area (Å²) >= 11 is 0. The van der Waals surface area contributed by atoms with E-state index < -0.39 is 0 Å². The Balaban J connectivity index is 1.74. The van der Waals surface area contributed by atoms with Gasteiger partial charge in [0.05, 0.1) is 19.8 Å². The average molecular weight is 386 g/mol. The lowest BCUT2D eigenvalue weighted by atomic mass is 10.1. The summed E-state index contributed by atoms with van der Waals surface area (Å²) in [6, 6.07) is 22.8. The van der Waals surface area contributed by atoms with Gasteiger partial charge in [0.15, 0.2) is 0 Å². The van der Waals surface area contributed by atoms with E-state index in [4.69, 9.17) is 9.47 Å². The fourth-order valence-electron chi connectivity index (χ4n) is 3.43. The number of rotatable bonds is 5. The highest BCUT2D eigenvalue weighted by atomic mass is 16.5. The first-order chi connectivity index (χ1) is 14.2. The third kappa shape index (κ3) is 3.67. The molecule has 0 aromatic heterocycles. The maximum absolute atomic E-state index is 13.3. The van der Waals surface area contributed by atoms with Crippen LogP contribution in [0.3, 0.4) is 0 Å². The van der Waals surface area contributed by atoms with Crippen molar-refractivity contribution in [3.63, 3.8) is 0 Å². The minimum atomic E-state index is -0.351. The number of hydrogen-bond donors (Lipinski definition) is 1. The van der Waals surface area contributed by atoms with Gasteiger partial charge in [0, 0.05) is 16.9 Å². The summed E-state index contributed by atoms with van der Waals surface area (Å²) < 4.78 is 10.7. The molecule has 0 saturated heterocycles. The van der Waals surface area contributed by atoms with Crippen molar-refractivity contribution in [3.05, 3.63) is 90.0 Å². The average Bonchev–Trinajstić information content (AvgIpc) is 2.78. The largest absolute Gasteiger partial charge is 0.497 e. The summed E-state index contributed by atoms with van der Waals surface area (Å²) in [6.45, 7) is 0. The Morgan fingerprint density at radius 3 is 2.38 bits per heavy atom. The van der Waals surface area contributed by atoms with Crippen LogP contribution in [0.1, 0.15) is 15.9 Å². The first kappa shape index (κ1) is 18.6. The van der Waals surface area contributed by atoms with Crippen molar-refractivity contribution < 1.29 is 14.3 Å². The number of hydrogen-bond acceptors (Lipinski definition) is 4. The zero-order chi connectivity index (χ0) is 20.2. The molecule has 29 heavy (non-hydrogen) atoms. The number of ether oxygens (including phenoxy) is 2.